The van der Waals surface area contributed by atoms with Crippen LogP contribution in [0, 0.1) is 0 Å². The lowest BCUT2D eigenvalue weighted by Gasteiger charge is -2.17. The fraction of sp³-hybridized carbons (Fsp3) is 0.292. The van der Waals surface area contributed by atoms with Gasteiger partial charge in [0.15, 0.2) is 16.5 Å². The first kappa shape index (κ1) is 22.6. The molecule has 0 spiro atoms. The molecule has 33 heavy (non-hydrogen) atoms. The molecule has 0 aliphatic rings. The summed E-state index contributed by atoms with van der Waals surface area (Å²) in [6.07, 6.45) is 0. The van der Waals surface area contributed by atoms with Crippen LogP contribution in [0.1, 0.15) is 36.0 Å². The standard InChI is InChI=1S/C24H25N3O5S/c1-4-30-18-11-15(12-19(31-5-2)22(18)32-6-3)14-25-23(29)20-13-21(28)27-17-10-8-7-9-16(17)26-24(27)33-20/h7-13H,4-6,14H2,1-3H3,(H,25,29). The average Bonchev–Trinajstić information content (AvgIpc) is 3.19. The van der Waals surface area contributed by atoms with E-state index in [2.05, 4.69) is 10.3 Å². The topological polar surface area (TPSA) is 91.2 Å². The fourth-order valence-corrected chi connectivity index (χ4v) is 4.46. The minimum absolute atomic E-state index is 0.230. The molecular formula is C24H25N3O5S. The molecule has 0 aliphatic heterocycles. The number of imidazole rings is 1. The summed E-state index contributed by atoms with van der Waals surface area (Å²) in [5.74, 6) is 1.32. The number of hydrogen-bond acceptors (Lipinski definition) is 7. The number of ether oxygens (including phenoxy) is 3. The highest BCUT2D eigenvalue weighted by Gasteiger charge is 2.17. The maximum atomic E-state index is 12.9. The van der Waals surface area contributed by atoms with Crippen LogP contribution >= 0.6 is 11.3 Å². The van der Waals surface area contributed by atoms with Crippen molar-refractivity contribution in [1.29, 1.82) is 0 Å². The highest BCUT2D eigenvalue weighted by Crippen LogP contribution is 2.39. The molecule has 0 unspecified atom stereocenters. The van der Waals surface area contributed by atoms with Crippen molar-refractivity contribution >= 4 is 33.2 Å². The first-order valence-corrected chi connectivity index (χ1v) is 11.6. The van der Waals surface area contributed by atoms with E-state index in [0.717, 1.165) is 11.1 Å². The molecule has 172 valence electrons. The Morgan fingerprint density at radius 3 is 2.33 bits per heavy atom. The third kappa shape index (κ3) is 4.63. The Morgan fingerprint density at radius 1 is 1.00 bits per heavy atom. The third-order valence-electron chi connectivity index (χ3n) is 4.85. The van der Waals surface area contributed by atoms with E-state index in [1.807, 2.05) is 57.2 Å². The number of para-hydroxylation sites is 2. The van der Waals surface area contributed by atoms with Gasteiger partial charge in [-0.1, -0.05) is 23.5 Å². The molecule has 0 fully saturated rings. The Hall–Kier alpha value is -3.59. The highest BCUT2D eigenvalue weighted by atomic mass is 32.1. The summed E-state index contributed by atoms with van der Waals surface area (Å²) in [7, 11) is 0. The molecule has 1 amide bonds. The maximum Gasteiger partial charge on any atom is 0.261 e. The van der Waals surface area contributed by atoms with E-state index in [1.165, 1.54) is 21.8 Å². The Kier molecular flexibility index (Phi) is 6.79. The van der Waals surface area contributed by atoms with Crippen LogP contribution in [0.3, 0.4) is 0 Å². The average molecular weight is 468 g/mol. The van der Waals surface area contributed by atoms with Crippen molar-refractivity contribution in [2.75, 3.05) is 19.8 Å². The normalized spacial score (nSPS) is 11.0. The predicted molar refractivity (Wildman–Crippen MR) is 128 cm³/mol. The van der Waals surface area contributed by atoms with Crippen molar-refractivity contribution in [3.63, 3.8) is 0 Å². The van der Waals surface area contributed by atoms with Crippen LogP contribution in [0.2, 0.25) is 0 Å². The van der Waals surface area contributed by atoms with Gasteiger partial charge in [0.1, 0.15) is 4.88 Å². The van der Waals surface area contributed by atoms with Crippen LogP contribution in [0.4, 0.5) is 0 Å². The monoisotopic (exact) mass is 467 g/mol. The lowest BCUT2D eigenvalue weighted by molar-refractivity contribution is 0.0954. The molecule has 0 radical (unpaired) electrons. The van der Waals surface area contributed by atoms with Crippen LogP contribution in [0.25, 0.3) is 16.0 Å². The largest absolute Gasteiger partial charge is 0.490 e. The number of rotatable bonds is 9. The second-order valence-electron chi connectivity index (χ2n) is 7.07. The quantitative estimate of drug-likeness (QED) is 0.400. The summed E-state index contributed by atoms with van der Waals surface area (Å²) in [6.45, 7) is 7.31. The van der Waals surface area contributed by atoms with Gasteiger partial charge in [-0.2, -0.15) is 0 Å². The molecule has 2 aromatic heterocycles. The fourth-order valence-electron chi connectivity index (χ4n) is 3.52. The zero-order valence-electron chi connectivity index (χ0n) is 18.7. The number of nitrogens with one attached hydrogen (secondary N) is 1. The molecule has 0 bridgehead atoms. The molecule has 0 aliphatic carbocycles. The zero-order valence-corrected chi connectivity index (χ0v) is 19.5. The highest BCUT2D eigenvalue weighted by molar-refractivity contribution is 7.18. The lowest BCUT2D eigenvalue weighted by Crippen LogP contribution is -2.24. The van der Waals surface area contributed by atoms with Crippen molar-refractivity contribution in [3.8, 4) is 17.2 Å². The second-order valence-corrected chi connectivity index (χ2v) is 8.08. The van der Waals surface area contributed by atoms with Crippen LogP contribution in [-0.2, 0) is 6.54 Å². The molecular weight excluding hydrogens is 442 g/mol. The lowest BCUT2D eigenvalue weighted by atomic mass is 10.1. The zero-order chi connectivity index (χ0) is 23.4. The molecule has 0 saturated carbocycles. The van der Waals surface area contributed by atoms with Gasteiger partial charge in [-0.3, -0.25) is 14.0 Å². The summed E-state index contributed by atoms with van der Waals surface area (Å²) < 4.78 is 18.7. The van der Waals surface area contributed by atoms with Gasteiger partial charge in [0.2, 0.25) is 5.75 Å². The van der Waals surface area contributed by atoms with Crippen molar-refractivity contribution in [2.45, 2.75) is 27.3 Å². The van der Waals surface area contributed by atoms with Gasteiger partial charge in [0.05, 0.1) is 30.9 Å². The Bertz CT molecular complexity index is 1330. The Morgan fingerprint density at radius 2 is 1.67 bits per heavy atom. The molecule has 2 heterocycles. The van der Waals surface area contributed by atoms with Gasteiger partial charge in [-0.25, -0.2) is 4.98 Å². The van der Waals surface area contributed by atoms with Crippen LogP contribution in [0.5, 0.6) is 17.2 Å². The maximum absolute atomic E-state index is 12.9. The van der Waals surface area contributed by atoms with Crippen LogP contribution < -0.4 is 25.1 Å². The number of benzene rings is 2. The molecule has 4 aromatic rings. The van der Waals surface area contributed by atoms with Crippen LogP contribution in [0.15, 0.2) is 47.3 Å². The first-order chi connectivity index (χ1) is 16.0. The number of nitrogens with zero attached hydrogens (tertiary/aromatic N) is 2. The van der Waals surface area contributed by atoms with E-state index in [0.29, 0.717) is 52.4 Å². The van der Waals surface area contributed by atoms with E-state index in [1.54, 1.807) is 0 Å². The number of aromatic nitrogens is 2. The predicted octanol–water partition coefficient (Wildman–Crippen LogP) is 4.04. The molecule has 0 saturated heterocycles. The Labute approximate surface area is 194 Å². The summed E-state index contributed by atoms with van der Waals surface area (Å²) >= 11 is 1.17. The van der Waals surface area contributed by atoms with Crippen molar-refractivity contribution < 1.29 is 19.0 Å². The molecule has 1 N–H and O–H groups in total. The molecule has 9 heteroatoms. The van der Waals surface area contributed by atoms with Crippen molar-refractivity contribution in [1.82, 2.24) is 14.7 Å². The smallest absolute Gasteiger partial charge is 0.261 e. The number of fused-ring (bicyclic) bond motifs is 3. The van der Waals surface area contributed by atoms with Crippen LogP contribution in [-0.4, -0.2) is 35.1 Å². The van der Waals surface area contributed by atoms with Crippen molar-refractivity contribution in [3.05, 3.63) is 63.3 Å². The number of carbonyl (C=O) groups excluding carboxylic acids is 1. The third-order valence-corrected chi connectivity index (χ3v) is 5.83. The van der Waals surface area contributed by atoms with E-state index < -0.39 is 0 Å². The molecule has 8 nitrogen and oxygen atoms in total. The first-order valence-electron chi connectivity index (χ1n) is 10.8. The van der Waals surface area contributed by atoms with Gasteiger partial charge in [0.25, 0.3) is 11.5 Å². The van der Waals surface area contributed by atoms with Gasteiger partial charge in [0, 0.05) is 12.6 Å². The molecule has 4 rings (SSSR count). The SMILES string of the molecule is CCOc1cc(CNC(=O)c2cc(=O)n3c(nc4ccccc43)s2)cc(OCC)c1OCC. The summed E-state index contributed by atoms with van der Waals surface area (Å²) in [4.78, 5) is 30.8. The number of hydrogen-bond donors (Lipinski definition) is 1. The van der Waals surface area contributed by atoms with E-state index in [4.69, 9.17) is 14.2 Å². The van der Waals surface area contributed by atoms with Gasteiger partial charge < -0.3 is 19.5 Å². The molecule has 0 atom stereocenters. The second kappa shape index (κ2) is 9.91. The Balaban J connectivity index is 1.60. The van der Waals surface area contributed by atoms with Gasteiger partial charge in [-0.05, 0) is 50.6 Å². The summed E-state index contributed by atoms with van der Waals surface area (Å²) in [5.41, 5.74) is 1.94. The number of amides is 1. The van der Waals surface area contributed by atoms with E-state index in [9.17, 15) is 9.59 Å². The summed E-state index contributed by atoms with van der Waals surface area (Å²) in [6, 6.07) is 12.4. The summed E-state index contributed by atoms with van der Waals surface area (Å²) in [5, 5.41) is 2.87. The minimum atomic E-state index is -0.350. The number of carbonyl (C=O) groups is 1. The van der Waals surface area contributed by atoms with Gasteiger partial charge >= 0.3 is 0 Å². The molecule has 2 aromatic carbocycles. The van der Waals surface area contributed by atoms with E-state index >= 15 is 0 Å². The van der Waals surface area contributed by atoms with Gasteiger partial charge in [-0.15, -0.1) is 0 Å². The minimum Gasteiger partial charge on any atom is -0.490 e. The van der Waals surface area contributed by atoms with Crippen molar-refractivity contribution in [2.24, 2.45) is 0 Å². The van der Waals surface area contributed by atoms with E-state index in [-0.39, 0.29) is 18.0 Å².